The first-order valence-electron chi connectivity index (χ1n) is 5.64. The maximum absolute atomic E-state index is 11.7. The van der Waals surface area contributed by atoms with Gasteiger partial charge in [0.1, 0.15) is 5.78 Å². The van der Waals surface area contributed by atoms with E-state index in [1.165, 1.54) is 0 Å². The van der Waals surface area contributed by atoms with E-state index in [0.29, 0.717) is 43.6 Å². The van der Waals surface area contributed by atoms with Crippen LogP contribution in [0.1, 0.15) is 32.1 Å². The minimum Gasteiger partial charge on any atom is -0.336 e. The van der Waals surface area contributed by atoms with Gasteiger partial charge in [-0.05, 0) is 18.8 Å². The fourth-order valence-corrected chi connectivity index (χ4v) is 2.79. The number of fused-ring (bicyclic) bond motifs is 1. The van der Waals surface area contributed by atoms with Gasteiger partial charge in [-0.1, -0.05) is 6.08 Å². The Hall–Kier alpha value is -1.12. The van der Waals surface area contributed by atoms with Gasteiger partial charge in [-0.2, -0.15) is 0 Å². The summed E-state index contributed by atoms with van der Waals surface area (Å²) in [6.45, 7) is 4.31. The lowest BCUT2D eigenvalue weighted by molar-refractivity contribution is -0.142. The van der Waals surface area contributed by atoms with Crippen molar-refractivity contribution in [2.75, 3.05) is 6.54 Å². The third-order valence-corrected chi connectivity index (χ3v) is 3.53. The highest BCUT2D eigenvalue weighted by Crippen LogP contribution is 2.34. The second-order valence-corrected chi connectivity index (χ2v) is 4.48. The summed E-state index contributed by atoms with van der Waals surface area (Å²) in [5, 5.41) is 0. The van der Waals surface area contributed by atoms with Crippen LogP contribution in [-0.4, -0.2) is 29.2 Å². The Morgan fingerprint density at radius 3 is 2.87 bits per heavy atom. The van der Waals surface area contributed by atoms with Gasteiger partial charge in [-0.15, -0.1) is 6.58 Å². The van der Waals surface area contributed by atoms with Crippen LogP contribution in [0.4, 0.5) is 0 Å². The summed E-state index contributed by atoms with van der Waals surface area (Å²) in [5.74, 6) is 0.999. The normalized spacial score (nSPS) is 31.3. The summed E-state index contributed by atoms with van der Waals surface area (Å²) >= 11 is 0. The average Bonchev–Trinajstić information content (AvgIpc) is 2.22. The Bertz CT molecular complexity index is 298. The molecule has 82 valence electrons. The van der Waals surface area contributed by atoms with E-state index >= 15 is 0 Å². The molecule has 2 unspecified atom stereocenters. The Kier molecular flexibility index (Phi) is 2.89. The van der Waals surface area contributed by atoms with E-state index in [9.17, 15) is 9.59 Å². The molecule has 1 saturated carbocycles. The van der Waals surface area contributed by atoms with E-state index < -0.39 is 0 Å². The van der Waals surface area contributed by atoms with Crippen molar-refractivity contribution in [3.63, 3.8) is 0 Å². The number of ketones is 1. The van der Waals surface area contributed by atoms with Crippen molar-refractivity contribution >= 4 is 11.7 Å². The SMILES string of the molecule is C=CCN1C(=O)CCC2CC(=O)CCC21. The zero-order chi connectivity index (χ0) is 10.8. The Morgan fingerprint density at radius 2 is 2.13 bits per heavy atom. The van der Waals surface area contributed by atoms with Gasteiger partial charge in [0.2, 0.25) is 5.91 Å². The van der Waals surface area contributed by atoms with Crippen molar-refractivity contribution < 1.29 is 9.59 Å². The number of likely N-dealkylation sites (tertiary alicyclic amines) is 1. The molecule has 0 aromatic rings. The summed E-state index contributed by atoms with van der Waals surface area (Å²) in [5.41, 5.74) is 0. The van der Waals surface area contributed by atoms with Gasteiger partial charge in [-0.3, -0.25) is 9.59 Å². The molecule has 1 amide bonds. The topological polar surface area (TPSA) is 37.4 Å². The molecule has 2 aliphatic rings. The van der Waals surface area contributed by atoms with Crippen LogP contribution >= 0.6 is 0 Å². The molecule has 2 fully saturated rings. The number of hydrogen-bond donors (Lipinski definition) is 0. The second kappa shape index (κ2) is 4.17. The van der Waals surface area contributed by atoms with Crippen molar-refractivity contribution in [1.82, 2.24) is 4.90 Å². The van der Waals surface area contributed by atoms with Crippen LogP contribution in [0, 0.1) is 5.92 Å². The van der Waals surface area contributed by atoms with Crippen LogP contribution in [-0.2, 0) is 9.59 Å². The maximum atomic E-state index is 11.7. The van der Waals surface area contributed by atoms with Gasteiger partial charge in [0.05, 0.1) is 0 Å². The van der Waals surface area contributed by atoms with Gasteiger partial charge in [0.15, 0.2) is 0 Å². The highest BCUT2D eigenvalue weighted by atomic mass is 16.2. The molecule has 0 spiro atoms. The molecule has 0 N–H and O–H groups in total. The molecule has 1 aliphatic carbocycles. The molecule has 0 radical (unpaired) electrons. The summed E-state index contributed by atoms with van der Waals surface area (Å²) in [6, 6.07) is 0.293. The molecule has 2 rings (SSSR count). The van der Waals surface area contributed by atoms with Crippen molar-refractivity contribution in [3.8, 4) is 0 Å². The van der Waals surface area contributed by atoms with E-state index in [1.54, 1.807) is 6.08 Å². The minimum absolute atomic E-state index is 0.227. The summed E-state index contributed by atoms with van der Waals surface area (Å²) in [6.07, 6.45) is 5.43. The summed E-state index contributed by atoms with van der Waals surface area (Å²) in [4.78, 5) is 25.0. The number of piperidine rings is 1. The first-order chi connectivity index (χ1) is 7.22. The van der Waals surface area contributed by atoms with Crippen molar-refractivity contribution in [2.45, 2.75) is 38.1 Å². The lowest BCUT2D eigenvalue weighted by atomic mass is 9.77. The molecule has 3 heteroatoms. The fourth-order valence-electron chi connectivity index (χ4n) is 2.79. The molecule has 1 heterocycles. The van der Waals surface area contributed by atoms with Gasteiger partial charge in [0.25, 0.3) is 0 Å². The maximum Gasteiger partial charge on any atom is 0.223 e. The summed E-state index contributed by atoms with van der Waals surface area (Å²) < 4.78 is 0. The van der Waals surface area contributed by atoms with Gasteiger partial charge in [-0.25, -0.2) is 0 Å². The van der Waals surface area contributed by atoms with Crippen molar-refractivity contribution in [3.05, 3.63) is 12.7 Å². The number of hydrogen-bond acceptors (Lipinski definition) is 2. The molecule has 1 saturated heterocycles. The number of rotatable bonds is 2. The van der Waals surface area contributed by atoms with Crippen molar-refractivity contribution in [1.29, 1.82) is 0 Å². The fraction of sp³-hybridized carbons (Fsp3) is 0.667. The molecule has 2 atom stereocenters. The largest absolute Gasteiger partial charge is 0.336 e. The zero-order valence-electron chi connectivity index (χ0n) is 8.95. The smallest absolute Gasteiger partial charge is 0.223 e. The summed E-state index contributed by atoms with van der Waals surface area (Å²) in [7, 11) is 0. The van der Waals surface area contributed by atoms with Crippen LogP contribution < -0.4 is 0 Å². The van der Waals surface area contributed by atoms with Crippen LogP contribution in [0.2, 0.25) is 0 Å². The lowest BCUT2D eigenvalue weighted by Crippen LogP contribution is -2.51. The van der Waals surface area contributed by atoms with E-state index in [1.807, 2.05) is 4.90 Å². The third-order valence-electron chi connectivity index (χ3n) is 3.53. The Labute approximate surface area is 90.1 Å². The molecule has 1 aliphatic heterocycles. The number of Topliss-reactive ketones (excluding diaryl/α,β-unsaturated/α-hetero) is 1. The predicted octanol–water partition coefficient (Wildman–Crippen LogP) is 1.53. The number of carbonyl (C=O) groups excluding carboxylic acids is 2. The molecule has 0 aromatic carbocycles. The van der Waals surface area contributed by atoms with Crippen LogP contribution in [0.25, 0.3) is 0 Å². The van der Waals surface area contributed by atoms with Crippen LogP contribution in [0.3, 0.4) is 0 Å². The van der Waals surface area contributed by atoms with Crippen LogP contribution in [0.5, 0.6) is 0 Å². The first-order valence-corrected chi connectivity index (χ1v) is 5.64. The first kappa shape index (κ1) is 10.4. The van der Waals surface area contributed by atoms with E-state index in [0.717, 1.165) is 12.8 Å². The number of carbonyl (C=O) groups is 2. The highest BCUT2D eigenvalue weighted by Gasteiger charge is 2.38. The highest BCUT2D eigenvalue weighted by molar-refractivity contribution is 5.82. The predicted molar refractivity (Wildman–Crippen MR) is 57.3 cm³/mol. The molecule has 0 aromatic heterocycles. The molecule has 3 nitrogen and oxygen atoms in total. The third kappa shape index (κ3) is 1.96. The van der Waals surface area contributed by atoms with Gasteiger partial charge < -0.3 is 4.90 Å². The number of nitrogens with zero attached hydrogens (tertiary/aromatic N) is 1. The second-order valence-electron chi connectivity index (χ2n) is 4.48. The molecule has 0 bridgehead atoms. The lowest BCUT2D eigenvalue weighted by Gasteiger charge is -2.43. The zero-order valence-corrected chi connectivity index (χ0v) is 8.95. The monoisotopic (exact) mass is 207 g/mol. The van der Waals surface area contributed by atoms with Crippen LogP contribution in [0.15, 0.2) is 12.7 Å². The van der Waals surface area contributed by atoms with E-state index in [2.05, 4.69) is 6.58 Å². The van der Waals surface area contributed by atoms with E-state index in [4.69, 9.17) is 0 Å². The number of amides is 1. The molecular formula is C12H17NO2. The quantitative estimate of drug-likeness (QED) is 0.644. The standard InChI is InChI=1S/C12H17NO2/c1-2-7-13-11-5-4-10(14)8-9(11)3-6-12(13)15/h2,9,11H,1,3-8H2. The average molecular weight is 207 g/mol. The van der Waals surface area contributed by atoms with E-state index in [-0.39, 0.29) is 5.91 Å². The Morgan fingerprint density at radius 1 is 1.33 bits per heavy atom. The molecular weight excluding hydrogens is 190 g/mol. The van der Waals surface area contributed by atoms with Crippen molar-refractivity contribution in [2.24, 2.45) is 5.92 Å². The van der Waals surface area contributed by atoms with Gasteiger partial charge >= 0.3 is 0 Å². The van der Waals surface area contributed by atoms with Gasteiger partial charge in [0, 0.05) is 31.8 Å². The minimum atomic E-state index is 0.227. The Balaban J connectivity index is 2.11. The molecule has 15 heavy (non-hydrogen) atoms.